The maximum atomic E-state index is 14.9. The number of nitrogens with one attached hydrogen (secondary N) is 13. The molecule has 0 aromatic carbocycles. The van der Waals surface area contributed by atoms with Crippen LogP contribution in [0.1, 0.15) is 97.6 Å². The largest absolute Gasteiger partial charge is 0.391 e. The average molecular weight is 1370 g/mol. The first-order valence-electron chi connectivity index (χ1n) is 30.5. The lowest BCUT2D eigenvalue weighted by molar-refractivity contribution is -0.142. The van der Waals surface area contributed by atoms with Gasteiger partial charge in [0.25, 0.3) is 0 Å². The Labute approximate surface area is 548 Å². The summed E-state index contributed by atoms with van der Waals surface area (Å²) in [5.74, 6) is -13.7. The molecule has 14 amide bonds. The number of amides is 14. The summed E-state index contributed by atoms with van der Waals surface area (Å²) in [5.41, 5.74) is 17.7. The molecular formula is C55H88N18O15S4. The van der Waals surface area contributed by atoms with E-state index < -0.39 is 175 Å². The predicted molar refractivity (Wildman–Crippen MR) is 342 cm³/mol. The van der Waals surface area contributed by atoms with Crippen LogP contribution in [-0.4, -0.2) is 231 Å². The van der Waals surface area contributed by atoms with Gasteiger partial charge < -0.3 is 96.0 Å². The first-order valence-corrected chi connectivity index (χ1v) is 35.5. The van der Waals surface area contributed by atoms with Crippen molar-refractivity contribution in [3.63, 3.8) is 0 Å². The summed E-state index contributed by atoms with van der Waals surface area (Å²) in [6.07, 6.45) is 2.95. The van der Waals surface area contributed by atoms with Gasteiger partial charge in [-0.1, -0.05) is 70.9 Å². The Bertz CT molecular complexity index is 2770. The van der Waals surface area contributed by atoms with Crippen molar-refractivity contribution in [3.05, 3.63) is 18.2 Å². The molecule has 12 atom stereocenters. The van der Waals surface area contributed by atoms with E-state index in [2.05, 4.69) is 73.8 Å². The van der Waals surface area contributed by atoms with E-state index in [4.69, 9.17) is 17.2 Å². The summed E-state index contributed by atoms with van der Waals surface area (Å²) in [5, 5.41) is 42.3. The molecule has 4 aliphatic rings. The van der Waals surface area contributed by atoms with Gasteiger partial charge >= 0.3 is 0 Å². The number of hydrogen-bond acceptors (Lipinski definition) is 22. The maximum Gasteiger partial charge on any atom is 0.246 e. The van der Waals surface area contributed by atoms with E-state index in [1.807, 2.05) is 0 Å². The zero-order valence-electron chi connectivity index (χ0n) is 51.8. The second-order valence-electron chi connectivity index (χ2n) is 23.3. The normalized spacial score (nSPS) is 26.9. The summed E-state index contributed by atoms with van der Waals surface area (Å²) in [6.45, 7) is 5.53. The zero-order valence-corrected chi connectivity index (χ0v) is 55.1. The van der Waals surface area contributed by atoms with Crippen molar-refractivity contribution in [2.45, 2.75) is 171 Å². The van der Waals surface area contributed by atoms with Gasteiger partial charge in [0.05, 0.1) is 25.5 Å². The molecule has 92 heavy (non-hydrogen) atoms. The molecule has 0 aliphatic carbocycles. The van der Waals surface area contributed by atoms with E-state index in [-0.39, 0.29) is 92.9 Å². The fraction of sp³-hybridized carbons (Fsp3) is 0.691. The minimum Gasteiger partial charge on any atom is -0.391 e. The highest BCUT2D eigenvalue weighted by molar-refractivity contribution is 8.77. The molecule has 512 valence electrons. The van der Waals surface area contributed by atoms with Crippen LogP contribution >= 0.6 is 43.2 Å². The fourth-order valence-electron chi connectivity index (χ4n) is 10.0. The molecule has 0 radical (unpaired) electrons. The predicted octanol–water partition coefficient (Wildman–Crippen LogP) is -5.98. The second-order valence-corrected chi connectivity index (χ2v) is 28.5. The lowest BCUT2D eigenvalue weighted by Crippen LogP contribution is -2.61. The fourth-order valence-corrected chi connectivity index (χ4v) is 14.7. The quantitative estimate of drug-likeness (QED) is 0.0427. The van der Waals surface area contributed by atoms with Gasteiger partial charge in [-0.2, -0.15) is 0 Å². The van der Waals surface area contributed by atoms with Crippen LogP contribution in [0.15, 0.2) is 12.5 Å². The summed E-state index contributed by atoms with van der Waals surface area (Å²) in [4.78, 5) is 203. The minimum atomic E-state index is -1.57. The molecular weight excluding hydrogens is 1280 g/mol. The highest BCUT2D eigenvalue weighted by atomic mass is 33.1. The zero-order chi connectivity index (χ0) is 67.6. The van der Waals surface area contributed by atoms with Gasteiger partial charge in [-0.15, -0.1) is 0 Å². The lowest BCUT2D eigenvalue weighted by Gasteiger charge is -2.31. The van der Waals surface area contributed by atoms with Gasteiger partial charge in [0, 0.05) is 60.7 Å². The van der Waals surface area contributed by atoms with Crippen LogP contribution in [0, 0.1) is 11.8 Å². The molecule has 0 unspecified atom stereocenters. The number of aromatic nitrogens is 2. The molecule has 1 aromatic rings. The minimum absolute atomic E-state index is 0.0120. The van der Waals surface area contributed by atoms with Crippen LogP contribution in [0.5, 0.6) is 0 Å². The van der Waals surface area contributed by atoms with Crippen LogP contribution < -0.4 is 81.0 Å². The number of rotatable bonds is 20. The molecule has 37 heteroatoms. The second kappa shape index (κ2) is 38.3. The van der Waals surface area contributed by atoms with Crippen LogP contribution in [0.2, 0.25) is 0 Å². The van der Waals surface area contributed by atoms with Gasteiger partial charge in [0.15, 0.2) is 0 Å². The molecule has 4 fully saturated rings. The highest BCUT2D eigenvalue weighted by Gasteiger charge is 2.44. The van der Waals surface area contributed by atoms with Crippen molar-refractivity contribution in [1.29, 1.82) is 0 Å². The Morgan fingerprint density at radius 1 is 0.674 bits per heavy atom. The molecule has 33 nitrogen and oxygen atoms in total. The van der Waals surface area contributed by atoms with Crippen LogP contribution in [-0.2, 0) is 73.5 Å². The van der Waals surface area contributed by atoms with Gasteiger partial charge in [0.1, 0.15) is 66.5 Å². The topological polar surface area (TPSA) is 514 Å². The molecule has 0 saturated carbocycles. The van der Waals surface area contributed by atoms with Gasteiger partial charge in [-0.3, -0.25) is 67.1 Å². The Hall–Kier alpha value is -6.93. The number of carbonyl (C=O) groups is 14. The number of nitrogens with zero attached hydrogens (tertiary/aromatic N) is 2. The first-order chi connectivity index (χ1) is 43.8. The number of imidazole rings is 1. The monoisotopic (exact) mass is 1370 g/mol. The summed E-state index contributed by atoms with van der Waals surface area (Å²) in [6, 6.07) is -15.2. The van der Waals surface area contributed by atoms with Crippen LogP contribution in [0.4, 0.5) is 0 Å². The molecule has 4 aliphatic heterocycles. The third kappa shape index (κ3) is 24.5. The van der Waals surface area contributed by atoms with E-state index in [1.165, 1.54) is 12.5 Å². The van der Waals surface area contributed by atoms with E-state index in [0.29, 0.717) is 31.4 Å². The Morgan fingerprint density at radius 2 is 1.27 bits per heavy atom. The number of aromatic amines is 1. The number of carbonyl (C=O) groups excluding carboxylic acids is 14. The van der Waals surface area contributed by atoms with Gasteiger partial charge in [-0.05, 0) is 76.3 Å². The summed E-state index contributed by atoms with van der Waals surface area (Å²) < 4.78 is 0. The van der Waals surface area contributed by atoms with Crippen molar-refractivity contribution >= 4 is 126 Å². The summed E-state index contributed by atoms with van der Waals surface area (Å²) >= 11 is 0. The lowest BCUT2D eigenvalue weighted by atomic mass is 10.0. The molecule has 4 saturated heterocycles. The maximum absolute atomic E-state index is 14.9. The smallest absolute Gasteiger partial charge is 0.246 e. The number of H-pyrrole nitrogens is 1. The average Bonchev–Trinajstić information content (AvgIpc) is 1.77. The van der Waals surface area contributed by atoms with E-state index >= 15 is 0 Å². The third-order valence-electron chi connectivity index (χ3n) is 15.1. The van der Waals surface area contributed by atoms with Gasteiger partial charge in [-0.25, -0.2) is 4.98 Å². The molecule has 2 bridgehead atoms. The van der Waals surface area contributed by atoms with Crippen LogP contribution in [0.25, 0.3) is 0 Å². The number of aliphatic hydroxyl groups is 1. The van der Waals surface area contributed by atoms with E-state index in [0.717, 1.165) is 48.1 Å². The van der Waals surface area contributed by atoms with Crippen molar-refractivity contribution in [1.82, 2.24) is 78.7 Å². The molecule has 1 aromatic heterocycles. The highest BCUT2D eigenvalue weighted by Crippen LogP contribution is 2.27. The Balaban J connectivity index is 1.58. The van der Waals surface area contributed by atoms with E-state index in [1.54, 1.807) is 27.7 Å². The number of nitrogens with two attached hydrogens (primary N) is 3. The standard InChI is InChI=1S/C55H88N18O15S4/c1-27(2)15-34-50(83)70-38-24-92-90-23-37(47(80)61-19-42(76)64-31(9-5-7-13-56)48(81)65-32(49(82)66-34)10-6-8-14-57)69-52(85)39(71-54(87)44(28(3)4)72-43(77)20-60-46(79)33-11-12-41(75)63-33)25-91-89-22-36(45(58)78)68-53(86)40-17-30(74)21-73(40)55(88)35(67-51(38)84)16-29-18-59-26-62-29/h18,26-28,30-40,44,74H,5-17,19-25,56-57H2,1-4H3,(H2,58,78)(H,59,62)(H,60,79)(H,61,80)(H,63,75)(H,64,76)(H,65,81)(H,66,82)(H,67,84)(H,68,86)(H,69,85)(H,70,83)(H,71,87)(H,72,77)/t30-,31+,32+,33+,34+,35+,36+,37+,38+,39+,40+,44+/m1/s1. The first kappa shape index (κ1) is 75.8. The molecule has 0 spiro atoms. The third-order valence-corrected chi connectivity index (χ3v) is 19.9. The van der Waals surface area contributed by atoms with Crippen molar-refractivity contribution < 1.29 is 72.2 Å². The van der Waals surface area contributed by atoms with E-state index in [9.17, 15) is 72.2 Å². The number of aliphatic hydroxyl groups excluding tert-OH is 1. The van der Waals surface area contributed by atoms with Crippen molar-refractivity contribution in [2.24, 2.45) is 29.0 Å². The SMILES string of the molecule is CC(C)C[C@@H]1NC(=O)[C@H](CCCCN)NC(=O)[C@H](CCCCN)NC(=O)CNC(=O)[C@@H]2CSSC[C@H](NC1=O)C(=O)N[C@@H](Cc1cnc[nH]1)C(=O)N1C[C@H](O)C[C@H]1C(=O)N[C@H](C(N)=O)CSSC[C@H](NC(=O)[C@@H](NC(=O)CNC(=O)[C@@H]1CCC(=O)N1)C(C)C)C(=O)N2. The van der Waals surface area contributed by atoms with Crippen molar-refractivity contribution in [2.75, 3.05) is 55.7 Å². The number of primary amides is 1. The molecule has 5 rings (SSSR count). The summed E-state index contributed by atoms with van der Waals surface area (Å²) in [7, 11) is 3.71. The van der Waals surface area contributed by atoms with Crippen molar-refractivity contribution in [3.8, 4) is 0 Å². The number of hydrogen-bond donors (Lipinski definition) is 17. The molecule has 5 heterocycles. The number of unbranched alkanes of at least 4 members (excludes halogenated alkanes) is 2. The van der Waals surface area contributed by atoms with Gasteiger partial charge in [0.2, 0.25) is 82.7 Å². The molecule has 20 N–H and O–H groups in total. The Morgan fingerprint density at radius 3 is 1.87 bits per heavy atom. The van der Waals surface area contributed by atoms with Crippen LogP contribution in [0.3, 0.4) is 0 Å². The Kier molecular flexibility index (Phi) is 31.6. The number of fused-ring (bicyclic) bond motifs is 6.